The van der Waals surface area contributed by atoms with Crippen LogP contribution in [0.4, 0.5) is 5.69 Å². The highest BCUT2D eigenvalue weighted by molar-refractivity contribution is 9.10. The monoisotopic (exact) mass is 315 g/mol. The predicted octanol–water partition coefficient (Wildman–Crippen LogP) is 1.35. The van der Waals surface area contributed by atoms with Crippen LogP contribution < -0.4 is 16.6 Å². The highest BCUT2D eigenvalue weighted by Crippen LogP contribution is 2.08. The molecule has 1 aromatic rings. The number of pyridine rings is 1. The molecule has 18 heavy (non-hydrogen) atoms. The van der Waals surface area contributed by atoms with Gasteiger partial charge in [-0.25, -0.2) is 0 Å². The molecule has 0 saturated heterocycles. The first-order chi connectivity index (χ1) is 8.31. The summed E-state index contributed by atoms with van der Waals surface area (Å²) in [5.41, 5.74) is 5.80. The number of carbonyl (C=O) groups excluding carboxylic acids is 1. The maximum Gasteiger partial charge on any atom is 0.265 e. The first-order valence-corrected chi connectivity index (χ1v) is 6.55. The average molecular weight is 316 g/mol. The first kappa shape index (κ1) is 14.8. The molecule has 0 aromatic carbocycles. The Balaban J connectivity index is 2.80. The van der Waals surface area contributed by atoms with Gasteiger partial charge in [-0.1, -0.05) is 13.8 Å². The molecule has 5 nitrogen and oxygen atoms in total. The molecular formula is C12H18BrN3O2. The number of aromatic nitrogens is 1. The second-order valence-electron chi connectivity index (χ2n) is 4.65. The van der Waals surface area contributed by atoms with Crippen molar-refractivity contribution in [3.8, 4) is 0 Å². The predicted molar refractivity (Wildman–Crippen MR) is 75.3 cm³/mol. The standard InChI is InChI=1S/C12H18BrN3O2/c1-7(2)8(3)15-11(17)6-16-5-9(14)4-10(13)12(16)18/h4-5,7-8H,6,14H2,1-3H3,(H,15,17). The summed E-state index contributed by atoms with van der Waals surface area (Å²) in [5, 5.41) is 2.84. The Hall–Kier alpha value is -1.30. The number of carbonyl (C=O) groups is 1. The molecular weight excluding hydrogens is 298 g/mol. The van der Waals surface area contributed by atoms with Gasteiger partial charge in [-0.2, -0.15) is 0 Å². The van der Waals surface area contributed by atoms with Crippen LogP contribution in [0.15, 0.2) is 21.5 Å². The summed E-state index contributed by atoms with van der Waals surface area (Å²) in [7, 11) is 0. The Morgan fingerprint density at radius 1 is 1.50 bits per heavy atom. The van der Waals surface area contributed by atoms with Gasteiger partial charge in [-0.15, -0.1) is 0 Å². The van der Waals surface area contributed by atoms with Gasteiger partial charge in [0.2, 0.25) is 5.91 Å². The zero-order chi connectivity index (χ0) is 13.9. The van der Waals surface area contributed by atoms with E-state index in [4.69, 9.17) is 5.73 Å². The van der Waals surface area contributed by atoms with Gasteiger partial charge >= 0.3 is 0 Å². The molecule has 0 aliphatic rings. The summed E-state index contributed by atoms with van der Waals surface area (Å²) in [6.45, 7) is 5.95. The van der Waals surface area contributed by atoms with Crippen molar-refractivity contribution in [2.75, 3.05) is 5.73 Å². The second-order valence-corrected chi connectivity index (χ2v) is 5.51. The molecule has 0 aliphatic carbocycles. The lowest BCUT2D eigenvalue weighted by atomic mass is 10.1. The van der Waals surface area contributed by atoms with Crippen molar-refractivity contribution in [1.82, 2.24) is 9.88 Å². The largest absolute Gasteiger partial charge is 0.398 e. The Bertz CT molecular complexity index is 497. The van der Waals surface area contributed by atoms with Crippen LogP contribution in [-0.2, 0) is 11.3 Å². The van der Waals surface area contributed by atoms with Crippen LogP contribution >= 0.6 is 15.9 Å². The normalized spacial score (nSPS) is 12.5. The fraction of sp³-hybridized carbons (Fsp3) is 0.500. The number of hydrogen-bond donors (Lipinski definition) is 2. The van der Waals surface area contributed by atoms with Crippen LogP contribution in [0.3, 0.4) is 0 Å². The van der Waals surface area contributed by atoms with Crippen molar-refractivity contribution in [3.05, 3.63) is 27.1 Å². The van der Waals surface area contributed by atoms with Crippen molar-refractivity contribution in [2.45, 2.75) is 33.4 Å². The van der Waals surface area contributed by atoms with Crippen molar-refractivity contribution in [1.29, 1.82) is 0 Å². The van der Waals surface area contributed by atoms with E-state index in [9.17, 15) is 9.59 Å². The van der Waals surface area contributed by atoms with E-state index in [1.165, 1.54) is 16.8 Å². The number of nitrogens with two attached hydrogens (primary N) is 1. The number of nitrogens with zero attached hydrogens (tertiary/aromatic N) is 1. The molecule has 0 radical (unpaired) electrons. The van der Waals surface area contributed by atoms with E-state index >= 15 is 0 Å². The third kappa shape index (κ3) is 3.87. The van der Waals surface area contributed by atoms with E-state index < -0.39 is 0 Å². The number of nitrogen functional groups attached to an aromatic ring is 1. The zero-order valence-electron chi connectivity index (χ0n) is 10.7. The van der Waals surface area contributed by atoms with Crippen molar-refractivity contribution in [2.24, 2.45) is 5.92 Å². The van der Waals surface area contributed by atoms with Crippen LogP contribution in [0.25, 0.3) is 0 Å². The summed E-state index contributed by atoms with van der Waals surface area (Å²) >= 11 is 3.12. The Labute approximate surface area is 114 Å². The number of hydrogen-bond acceptors (Lipinski definition) is 3. The van der Waals surface area contributed by atoms with E-state index in [1.807, 2.05) is 20.8 Å². The van der Waals surface area contributed by atoms with E-state index in [0.717, 1.165) is 0 Å². The Kier molecular flexibility index (Phi) is 4.95. The number of halogens is 1. The van der Waals surface area contributed by atoms with Gasteiger partial charge in [-0.05, 0) is 34.8 Å². The topological polar surface area (TPSA) is 77.1 Å². The summed E-state index contributed by atoms with van der Waals surface area (Å²) < 4.78 is 1.65. The van der Waals surface area contributed by atoms with Crippen LogP contribution in [0.5, 0.6) is 0 Å². The van der Waals surface area contributed by atoms with Gasteiger partial charge in [0.15, 0.2) is 0 Å². The van der Waals surface area contributed by atoms with Gasteiger partial charge in [0.25, 0.3) is 5.56 Å². The second kappa shape index (κ2) is 6.04. The molecule has 0 spiro atoms. The molecule has 0 saturated carbocycles. The number of anilines is 1. The van der Waals surface area contributed by atoms with Crippen LogP contribution in [0, 0.1) is 5.92 Å². The molecule has 0 aliphatic heterocycles. The highest BCUT2D eigenvalue weighted by atomic mass is 79.9. The first-order valence-electron chi connectivity index (χ1n) is 5.76. The lowest BCUT2D eigenvalue weighted by Crippen LogP contribution is -2.39. The van der Waals surface area contributed by atoms with Crippen LogP contribution in [-0.4, -0.2) is 16.5 Å². The third-order valence-corrected chi connectivity index (χ3v) is 3.33. The molecule has 1 heterocycles. The van der Waals surface area contributed by atoms with Crippen LogP contribution in [0.1, 0.15) is 20.8 Å². The molecule has 1 unspecified atom stereocenters. The molecule has 1 aromatic heterocycles. The molecule has 1 atom stereocenters. The van der Waals surface area contributed by atoms with Gasteiger partial charge in [0, 0.05) is 17.9 Å². The van der Waals surface area contributed by atoms with Crippen molar-refractivity contribution in [3.63, 3.8) is 0 Å². The summed E-state index contributed by atoms with van der Waals surface area (Å²) in [6.07, 6.45) is 1.46. The summed E-state index contributed by atoms with van der Waals surface area (Å²) in [5.74, 6) is 0.147. The lowest BCUT2D eigenvalue weighted by molar-refractivity contribution is -0.122. The minimum atomic E-state index is -0.267. The van der Waals surface area contributed by atoms with Crippen molar-refractivity contribution >= 4 is 27.5 Å². The maximum atomic E-state index is 11.8. The molecule has 3 N–H and O–H groups in total. The molecule has 1 amide bonds. The van der Waals surface area contributed by atoms with Gasteiger partial charge in [-0.3, -0.25) is 9.59 Å². The Morgan fingerprint density at radius 2 is 2.11 bits per heavy atom. The van der Waals surface area contributed by atoms with Gasteiger partial charge in [0.05, 0.1) is 4.47 Å². The Morgan fingerprint density at radius 3 is 2.67 bits per heavy atom. The quantitative estimate of drug-likeness (QED) is 0.880. The minimum absolute atomic E-state index is 0.0282. The maximum absolute atomic E-state index is 11.8. The molecule has 6 heteroatoms. The van der Waals surface area contributed by atoms with Gasteiger partial charge in [0.1, 0.15) is 6.54 Å². The lowest BCUT2D eigenvalue weighted by Gasteiger charge is -2.17. The summed E-state index contributed by atoms with van der Waals surface area (Å²) in [6, 6.07) is 1.59. The number of nitrogens with one attached hydrogen (secondary N) is 1. The van der Waals surface area contributed by atoms with E-state index in [2.05, 4.69) is 21.2 Å². The molecule has 100 valence electrons. The van der Waals surface area contributed by atoms with E-state index in [-0.39, 0.29) is 24.1 Å². The third-order valence-electron chi connectivity index (χ3n) is 2.77. The fourth-order valence-electron chi connectivity index (χ4n) is 1.36. The highest BCUT2D eigenvalue weighted by Gasteiger charge is 2.12. The summed E-state index contributed by atoms with van der Waals surface area (Å²) in [4.78, 5) is 23.5. The zero-order valence-corrected chi connectivity index (χ0v) is 12.3. The average Bonchev–Trinajstić information content (AvgIpc) is 2.24. The van der Waals surface area contributed by atoms with Crippen molar-refractivity contribution < 1.29 is 4.79 Å². The van der Waals surface area contributed by atoms with E-state index in [1.54, 1.807) is 0 Å². The smallest absolute Gasteiger partial charge is 0.265 e. The SMILES string of the molecule is CC(C)C(C)NC(=O)Cn1cc(N)cc(Br)c1=O. The minimum Gasteiger partial charge on any atom is -0.398 e. The number of rotatable bonds is 4. The molecule has 1 rings (SSSR count). The van der Waals surface area contributed by atoms with Crippen LogP contribution in [0.2, 0.25) is 0 Å². The number of amides is 1. The molecule has 0 fully saturated rings. The fourth-order valence-corrected chi connectivity index (χ4v) is 1.85. The van der Waals surface area contributed by atoms with Gasteiger partial charge < -0.3 is 15.6 Å². The molecule has 0 bridgehead atoms. The van der Waals surface area contributed by atoms with E-state index in [0.29, 0.717) is 16.1 Å².